The molecular formula is C26H34N4O9S. The Hall–Kier alpha value is -3.65. The standard InChI is InChI=1S/C26H34N4O9S/c1-7-30-21(13-36-19-11-9-8-10-14(19)2)28-29-26(30)40-25-22(27-15(3)31)24(38-18(6)34)23(37-17(5)33)20(39-25)12-35-16(4)32/h8-11,20,22-25H,7,12-13H2,1-6H3,(H,27,31)/t20-,22-,23-,24-,25-/m1/s1. The van der Waals surface area contributed by atoms with E-state index < -0.39 is 53.6 Å². The van der Waals surface area contributed by atoms with Crippen molar-refractivity contribution in [1.82, 2.24) is 20.1 Å². The topological polar surface area (TPSA) is 157 Å². The van der Waals surface area contributed by atoms with Crippen LogP contribution in [0, 0.1) is 6.92 Å². The van der Waals surface area contributed by atoms with E-state index in [9.17, 15) is 19.2 Å². The molecule has 0 unspecified atom stereocenters. The Bertz CT molecular complexity index is 1220. The summed E-state index contributed by atoms with van der Waals surface area (Å²) in [5.74, 6) is -1.06. The third-order valence-corrected chi connectivity index (χ3v) is 7.00. The number of hydrogen-bond acceptors (Lipinski definition) is 12. The fourth-order valence-electron chi connectivity index (χ4n) is 4.19. The number of benzene rings is 1. The van der Waals surface area contributed by atoms with E-state index in [2.05, 4.69) is 15.5 Å². The van der Waals surface area contributed by atoms with Crippen molar-refractivity contribution in [2.75, 3.05) is 6.61 Å². The van der Waals surface area contributed by atoms with Gasteiger partial charge in [0.05, 0.1) is 0 Å². The average molecular weight is 579 g/mol. The average Bonchev–Trinajstić information content (AvgIpc) is 3.26. The van der Waals surface area contributed by atoms with Gasteiger partial charge in [-0.2, -0.15) is 0 Å². The number of ether oxygens (including phenoxy) is 5. The second-order valence-corrected chi connectivity index (χ2v) is 10.1. The highest BCUT2D eigenvalue weighted by atomic mass is 32.2. The van der Waals surface area contributed by atoms with Gasteiger partial charge in [0.25, 0.3) is 0 Å². The van der Waals surface area contributed by atoms with Crippen LogP contribution < -0.4 is 10.1 Å². The van der Waals surface area contributed by atoms with Gasteiger partial charge in [-0.1, -0.05) is 30.0 Å². The molecule has 1 saturated heterocycles. The Kier molecular flexibility index (Phi) is 10.9. The number of para-hydroxylation sites is 1. The summed E-state index contributed by atoms with van der Waals surface area (Å²) in [5, 5.41) is 11.8. The minimum absolute atomic E-state index is 0.159. The Morgan fingerprint density at radius 3 is 2.27 bits per heavy atom. The molecule has 14 heteroatoms. The fraction of sp³-hybridized carbons (Fsp3) is 0.538. The molecule has 0 bridgehead atoms. The van der Waals surface area contributed by atoms with E-state index in [0.29, 0.717) is 17.5 Å². The van der Waals surface area contributed by atoms with Crippen molar-refractivity contribution >= 4 is 35.6 Å². The van der Waals surface area contributed by atoms with Crippen LogP contribution in [0.1, 0.15) is 46.0 Å². The maximum Gasteiger partial charge on any atom is 0.303 e. The molecule has 13 nitrogen and oxygen atoms in total. The van der Waals surface area contributed by atoms with Crippen LogP contribution in [0.5, 0.6) is 5.75 Å². The van der Waals surface area contributed by atoms with Crippen molar-refractivity contribution in [2.45, 2.75) is 89.6 Å². The highest BCUT2D eigenvalue weighted by molar-refractivity contribution is 7.99. The number of amides is 1. The lowest BCUT2D eigenvalue weighted by Gasteiger charge is -2.44. The minimum Gasteiger partial charge on any atom is -0.485 e. The molecular weight excluding hydrogens is 544 g/mol. The lowest BCUT2D eigenvalue weighted by atomic mass is 9.97. The monoisotopic (exact) mass is 578 g/mol. The minimum atomic E-state index is -1.17. The lowest BCUT2D eigenvalue weighted by molar-refractivity contribution is -0.211. The Balaban J connectivity index is 1.93. The van der Waals surface area contributed by atoms with Crippen LogP contribution in [0.3, 0.4) is 0 Å². The molecule has 40 heavy (non-hydrogen) atoms. The predicted molar refractivity (Wildman–Crippen MR) is 141 cm³/mol. The van der Waals surface area contributed by atoms with Crippen molar-refractivity contribution in [3.05, 3.63) is 35.7 Å². The zero-order valence-electron chi connectivity index (χ0n) is 23.2. The fourth-order valence-corrected chi connectivity index (χ4v) is 5.41. The Morgan fingerprint density at radius 2 is 1.68 bits per heavy atom. The zero-order valence-corrected chi connectivity index (χ0v) is 24.1. The lowest BCUT2D eigenvalue weighted by Crippen LogP contribution is -2.65. The Morgan fingerprint density at radius 1 is 1.00 bits per heavy atom. The van der Waals surface area contributed by atoms with Crippen LogP contribution >= 0.6 is 11.8 Å². The molecule has 1 aromatic carbocycles. The third-order valence-electron chi connectivity index (χ3n) is 5.85. The van der Waals surface area contributed by atoms with Gasteiger partial charge in [0.1, 0.15) is 36.5 Å². The van der Waals surface area contributed by atoms with E-state index in [4.69, 9.17) is 23.7 Å². The number of nitrogens with one attached hydrogen (secondary N) is 1. The van der Waals surface area contributed by atoms with E-state index in [1.807, 2.05) is 42.7 Å². The molecule has 0 spiro atoms. The molecule has 1 amide bonds. The molecule has 0 aliphatic carbocycles. The first kappa shape index (κ1) is 30.9. The van der Waals surface area contributed by atoms with Gasteiger partial charge in [0, 0.05) is 34.2 Å². The quantitative estimate of drug-likeness (QED) is 0.306. The van der Waals surface area contributed by atoms with Crippen LogP contribution in [0.25, 0.3) is 0 Å². The van der Waals surface area contributed by atoms with Crippen LogP contribution in [0.4, 0.5) is 0 Å². The summed E-state index contributed by atoms with van der Waals surface area (Å²) in [6.07, 6.45) is -3.34. The first-order valence-electron chi connectivity index (χ1n) is 12.7. The van der Waals surface area contributed by atoms with Gasteiger partial charge in [-0.25, -0.2) is 0 Å². The van der Waals surface area contributed by atoms with E-state index in [1.54, 1.807) is 0 Å². The number of thioether (sulfide) groups is 1. The van der Waals surface area contributed by atoms with E-state index in [-0.39, 0.29) is 13.2 Å². The largest absolute Gasteiger partial charge is 0.485 e. The molecule has 1 aliphatic rings. The number of rotatable bonds is 11. The molecule has 0 radical (unpaired) electrons. The first-order valence-corrected chi connectivity index (χ1v) is 13.6. The summed E-state index contributed by atoms with van der Waals surface area (Å²) in [6.45, 7) is 9.14. The number of esters is 3. The normalized spacial score (nSPS) is 22.2. The molecule has 5 atom stereocenters. The van der Waals surface area contributed by atoms with Crippen LogP contribution in [-0.4, -0.2) is 75.0 Å². The summed E-state index contributed by atoms with van der Waals surface area (Å²) in [7, 11) is 0. The summed E-state index contributed by atoms with van der Waals surface area (Å²) in [4.78, 5) is 47.8. The molecule has 3 rings (SSSR count). The zero-order chi connectivity index (χ0) is 29.4. The highest BCUT2D eigenvalue weighted by Crippen LogP contribution is 2.36. The van der Waals surface area contributed by atoms with Gasteiger partial charge < -0.3 is 33.6 Å². The molecule has 1 aliphatic heterocycles. The molecule has 1 aromatic heterocycles. The summed E-state index contributed by atoms with van der Waals surface area (Å²) in [6, 6.07) is 6.65. The van der Waals surface area contributed by atoms with Gasteiger partial charge in [-0.3, -0.25) is 19.2 Å². The number of aryl methyl sites for hydroxylation is 1. The van der Waals surface area contributed by atoms with Crippen LogP contribution in [-0.2, 0) is 51.3 Å². The third kappa shape index (κ3) is 8.18. The van der Waals surface area contributed by atoms with Crippen molar-refractivity contribution in [3.8, 4) is 5.75 Å². The SMILES string of the molecule is CCn1c(COc2ccccc2C)nnc1S[C@H]1O[C@H](COC(C)=O)[C@@H](OC(C)=O)[C@H](OC(C)=O)[C@H]1NC(C)=O. The van der Waals surface area contributed by atoms with Crippen LogP contribution in [0.2, 0.25) is 0 Å². The van der Waals surface area contributed by atoms with Crippen molar-refractivity contribution in [2.24, 2.45) is 0 Å². The molecule has 0 saturated carbocycles. The smallest absolute Gasteiger partial charge is 0.303 e. The highest BCUT2D eigenvalue weighted by Gasteiger charge is 2.51. The molecule has 2 aromatic rings. The second kappa shape index (κ2) is 14.1. The van der Waals surface area contributed by atoms with E-state index in [1.165, 1.54) is 27.7 Å². The molecule has 1 N–H and O–H groups in total. The first-order chi connectivity index (χ1) is 19.0. The van der Waals surface area contributed by atoms with Crippen molar-refractivity contribution in [1.29, 1.82) is 0 Å². The number of aromatic nitrogens is 3. The molecule has 1 fully saturated rings. The number of nitrogens with zero attached hydrogens (tertiary/aromatic N) is 3. The van der Waals surface area contributed by atoms with Gasteiger partial charge in [-0.15, -0.1) is 10.2 Å². The predicted octanol–water partition coefficient (Wildman–Crippen LogP) is 1.93. The van der Waals surface area contributed by atoms with Crippen molar-refractivity contribution in [3.63, 3.8) is 0 Å². The van der Waals surface area contributed by atoms with Crippen LogP contribution in [0.15, 0.2) is 29.4 Å². The summed E-state index contributed by atoms with van der Waals surface area (Å²) in [5.41, 5.74) is 0.0753. The van der Waals surface area contributed by atoms with Crippen molar-refractivity contribution < 1.29 is 42.9 Å². The van der Waals surface area contributed by atoms with Gasteiger partial charge in [-0.05, 0) is 25.5 Å². The number of carbonyl (C=O) groups excluding carboxylic acids is 4. The van der Waals surface area contributed by atoms with Gasteiger partial charge >= 0.3 is 17.9 Å². The number of hydrogen-bond donors (Lipinski definition) is 1. The number of carbonyl (C=O) groups is 4. The summed E-state index contributed by atoms with van der Waals surface area (Å²) < 4.78 is 30.2. The molecule has 2 heterocycles. The maximum absolute atomic E-state index is 12.2. The maximum atomic E-state index is 12.2. The summed E-state index contributed by atoms with van der Waals surface area (Å²) >= 11 is 1.13. The van der Waals surface area contributed by atoms with E-state index in [0.717, 1.165) is 23.1 Å². The second-order valence-electron chi connectivity index (χ2n) is 9.03. The molecule has 218 valence electrons. The van der Waals surface area contributed by atoms with Gasteiger partial charge in [0.15, 0.2) is 23.2 Å². The van der Waals surface area contributed by atoms with Gasteiger partial charge in [0.2, 0.25) is 5.91 Å². The van der Waals surface area contributed by atoms with E-state index >= 15 is 0 Å². The Labute approximate surface area is 236 Å².